The van der Waals surface area contributed by atoms with Crippen molar-refractivity contribution in [1.82, 2.24) is 9.88 Å². The summed E-state index contributed by atoms with van der Waals surface area (Å²) in [6.07, 6.45) is 3.25. The molecule has 1 aliphatic rings. The van der Waals surface area contributed by atoms with Gasteiger partial charge in [-0.1, -0.05) is 24.3 Å². The van der Waals surface area contributed by atoms with Crippen molar-refractivity contribution in [1.29, 1.82) is 0 Å². The van der Waals surface area contributed by atoms with Crippen molar-refractivity contribution in [3.8, 4) is 0 Å². The minimum Gasteiger partial charge on any atom is -0.393 e. The summed E-state index contributed by atoms with van der Waals surface area (Å²) in [6, 6.07) is 14.2. The summed E-state index contributed by atoms with van der Waals surface area (Å²) in [5.41, 5.74) is 1.07. The predicted octanol–water partition coefficient (Wildman–Crippen LogP) is 3.33. The Bertz CT molecular complexity index is 834. The van der Waals surface area contributed by atoms with E-state index in [0.29, 0.717) is 12.5 Å². The molecule has 0 spiro atoms. The number of benzene rings is 1. The first kappa shape index (κ1) is 15.4. The third-order valence-corrected chi connectivity index (χ3v) is 5.74. The van der Waals surface area contributed by atoms with E-state index in [4.69, 9.17) is 0 Å². The number of carbonyl (C=O) groups excluding carboxylic acids is 1. The van der Waals surface area contributed by atoms with Gasteiger partial charge in [-0.15, -0.1) is 11.3 Å². The van der Waals surface area contributed by atoms with Gasteiger partial charge in [-0.2, -0.15) is 0 Å². The highest BCUT2D eigenvalue weighted by atomic mass is 32.1. The SMILES string of the molecule is O=C(Cn1ccc2ccccc21)NC(c1cccs1)C1CC(O)C1. The first-order valence-corrected chi connectivity index (χ1v) is 9.13. The van der Waals surface area contributed by atoms with Crippen LogP contribution in [0.2, 0.25) is 0 Å². The first-order chi connectivity index (χ1) is 11.7. The van der Waals surface area contributed by atoms with Gasteiger partial charge in [-0.3, -0.25) is 4.79 Å². The lowest BCUT2D eigenvalue weighted by Gasteiger charge is -2.37. The molecular formula is C19H20N2O2S. The van der Waals surface area contributed by atoms with Crippen molar-refractivity contribution < 1.29 is 9.90 Å². The van der Waals surface area contributed by atoms with Crippen LogP contribution in [0.25, 0.3) is 10.9 Å². The van der Waals surface area contributed by atoms with E-state index in [1.165, 1.54) is 0 Å². The summed E-state index contributed by atoms with van der Waals surface area (Å²) < 4.78 is 1.98. The van der Waals surface area contributed by atoms with E-state index in [1.54, 1.807) is 11.3 Å². The van der Waals surface area contributed by atoms with Crippen LogP contribution in [-0.4, -0.2) is 21.7 Å². The second kappa shape index (κ2) is 6.42. The molecule has 4 rings (SSSR count). The molecule has 24 heavy (non-hydrogen) atoms. The average molecular weight is 340 g/mol. The molecule has 1 aliphatic carbocycles. The number of hydrogen-bond donors (Lipinski definition) is 2. The van der Waals surface area contributed by atoms with Gasteiger partial charge in [-0.05, 0) is 47.7 Å². The number of fused-ring (bicyclic) bond motifs is 1. The summed E-state index contributed by atoms with van der Waals surface area (Å²) in [6.45, 7) is 0.310. The molecule has 1 unspecified atom stereocenters. The summed E-state index contributed by atoms with van der Waals surface area (Å²) in [5, 5.41) is 16.0. The fourth-order valence-electron chi connectivity index (χ4n) is 3.44. The number of aliphatic hydroxyl groups is 1. The number of rotatable bonds is 5. The highest BCUT2D eigenvalue weighted by molar-refractivity contribution is 7.10. The maximum Gasteiger partial charge on any atom is 0.240 e. The van der Waals surface area contributed by atoms with Gasteiger partial charge in [-0.25, -0.2) is 0 Å². The van der Waals surface area contributed by atoms with Crippen LogP contribution >= 0.6 is 11.3 Å². The van der Waals surface area contributed by atoms with Crippen LogP contribution in [0.1, 0.15) is 23.8 Å². The Hall–Kier alpha value is -2.11. The standard InChI is InChI=1S/C19H20N2O2S/c22-15-10-14(11-15)19(17-6-3-9-24-17)20-18(23)12-21-8-7-13-4-1-2-5-16(13)21/h1-9,14-15,19,22H,10-12H2,(H,20,23). The normalized spacial score (nSPS) is 21.4. The molecule has 2 aromatic heterocycles. The number of thiophene rings is 1. The molecule has 1 aromatic carbocycles. The maximum absolute atomic E-state index is 12.6. The second-order valence-electron chi connectivity index (χ2n) is 6.45. The van der Waals surface area contributed by atoms with Crippen molar-refractivity contribution in [3.05, 3.63) is 58.9 Å². The number of nitrogens with one attached hydrogen (secondary N) is 1. The maximum atomic E-state index is 12.6. The number of aromatic nitrogens is 1. The van der Waals surface area contributed by atoms with Crippen molar-refractivity contribution in [3.63, 3.8) is 0 Å². The molecule has 0 radical (unpaired) electrons. The second-order valence-corrected chi connectivity index (χ2v) is 7.43. The molecule has 0 saturated heterocycles. The van der Waals surface area contributed by atoms with E-state index < -0.39 is 0 Å². The van der Waals surface area contributed by atoms with E-state index in [2.05, 4.69) is 11.4 Å². The van der Waals surface area contributed by atoms with Gasteiger partial charge in [0, 0.05) is 16.6 Å². The van der Waals surface area contributed by atoms with Gasteiger partial charge in [0.1, 0.15) is 6.54 Å². The highest BCUT2D eigenvalue weighted by Gasteiger charge is 2.36. The number of amides is 1. The molecule has 1 amide bonds. The van der Waals surface area contributed by atoms with Gasteiger partial charge in [0.2, 0.25) is 5.91 Å². The number of para-hydroxylation sites is 1. The molecule has 0 aliphatic heterocycles. The predicted molar refractivity (Wildman–Crippen MR) is 95.9 cm³/mol. The Morgan fingerprint density at radius 2 is 2.08 bits per heavy atom. The zero-order valence-corrected chi connectivity index (χ0v) is 14.1. The van der Waals surface area contributed by atoms with Crippen molar-refractivity contribution >= 4 is 28.1 Å². The minimum absolute atomic E-state index is 0.00252. The molecule has 3 aromatic rings. The minimum atomic E-state index is -0.220. The Kier molecular flexibility index (Phi) is 4.12. The van der Waals surface area contributed by atoms with Gasteiger partial charge in [0.05, 0.1) is 12.1 Å². The lowest BCUT2D eigenvalue weighted by molar-refractivity contribution is -0.123. The van der Waals surface area contributed by atoms with E-state index >= 15 is 0 Å². The highest BCUT2D eigenvalue weighted by Crippen LogP contribution is 2.39. The Morgan fingerprint density at radius 3 is 2.83 bits per heavy atom. The molecule has 1 saturated carbocycles. The van der Waals surface area contributed by atoms with E-state index in [-0.39, 0.29) is 18.1 Å². The molecular weight excluding hydrogens is 320 g/mol. The molecule has 1 fully saturated rings. The van der Waals surface area contributed by atoms with Crippen LogP contribution in [0.15, 0.2) is 54.0 Å². The molecule has 1 atom stereocenters. The van der Waals surface area contributed by atoms with Gasteiger partial charge in [0.25, 0.3) is 0 Å². The monoisotopic (exact) mass is 340 g/mol. The third-order valence-electron chi connectivity index (χ3n) is 4.78. The third kappa shape index (κ3) is 2.97. The van der Waals surface area contributed by atoms with E-state index in [1.807, 2.05) is 52.5 Å². The summed E-state index contributed by atoms with van der Waals surface area (Å²) in [5.74, 6) is 0.333. The molecule has 2 N–H and O–H groups in total. The number of carbonyl (C=O) groups is 1. The van der Waals surface area contributed by atoms with E-state index in [9.17, 15) is 9.90 Å². The van der Waals surface area contributed by atoms with Crippen LogP contribution < -0.4 is 5.32 Å². The fourth-order valence-corrected chi connectivity index (χ4v) is 4.31. The smallest absolute Gasteiger partial charge is 0.240 e. The Balaban J connectivity index is 1.49. The first-order valence-electron chi connectivity index (χ1n) is 8.25. The van der Waals surface area contributed by atoms with E-state index in [0.717, 1.165) is 28.6 Å². The molecule has 124 valence electrons. The number of hydrogen-bond acceptors (Lipinski definition) is 3. The van der Waals surface area contributed by atoms with Crippen molar-refractivity contribution in [2.75, 3.05) is 0 Å². The largest absolute Gasteiger partial charge is 0.393 e. The van der Waals surface area contributed by atoms with Crippen LogP contribution in [0, 0.1) is 5.92 Å². The van der Waals surface area contributed by atoms with Gasteiger partial charge in [0.15, 0.2) is 0 Å². The van der Waals surface area contributed by atoms with Crippen LogP contribution in [-0.2, 0) is 11.3 Å². The van der Waals surface area contributed by atoms with Crippen LogP contribution in [0.3, 0.4) is 0 Å². The zero-order chi connectivity index (χ0) is 16.5. The van der Waals surface area contributed by atoms with Gasteiger partial charge < -0.3 is 15.0 Å². The molecule has 4 nitrogen and oxygen atoms in total. The Labute approximate surface area is 144 Å². The quantitative estimate of drug-likeness (QED) is 0.748. The van der Waals surface area contributed by atoms with Crippen LogP contribution in [0.4, 0.5) is 0 Å². The lowest BCUT2D eigenvalue weighted by Crippen LogP contribution is -2.42. The van der Waals surface area contributed by atoms with Crippen LogP contribution in [0.5, 0.6) is 0 Å². The summed E-state index contributed by atoms with van der Waals surface area (Å²) in [7, 11) is 0. The zero-order valence-electron chi connectivity index (χ0n) is 13.3. The van der Waals surface area contributed by atoms with Crippen molar-refractivity contribution in [2.45, 2.75) is 31.5 Å². The molecule has 0 bridgehead atoms. The summed E-state index contributed by atoms with van der Waals surface area (Å²) in [4.78, 5) is 13.8. The molecule has 2 heterocycles. The lowest BCUT2D eigenvalue weighted by atomic mass is 9.77. The average Bonchev–Trinajstić information content (AvgIpc) is 3.20. The fraction of sp³-hybridized carbons (Fsp3) is 0.316. The number of nitrogens with zero attached hydrogens (tertiary/aromatic N) is 1. The van der Waals surface area contributed by atoms with Crippen molar-refractivity contribution in [2.24, 2.45) is 5.92 Å². The number of aliphatic hydroxyl groups excluding tert-OH is 1. The molecule has 5 heteroatoms. The topological polar surface area (TPSA) is 54.3 Å². The summed E-state index contributed by atoms with van der Waals surface area (Å²) >= 11 is 1.66. The van der Waals surface area contributed by atoms with Gasteiger partial charge >= 0.3 is 0 Å². The Morgan fingerprint density at radius 1 is 1.25 bits per heavy atom.